The molecule has 4 heteroatoms. The van der Waals surface area contributed by atoms with Gasteiger partial charge in [0.05, 0.1) is 0 Å². The predicted molar refractivity (Wildman–Crippen MR) is 115 cm³/mol. The zero-order valence-electron chi connectivity index (χ0n) is 16.5. The number of rotatable bonds is 14. The van der Waals surface area contributed by atoms with E-state index in [0.29, 0.717) is 10.4 Å². The van der Waals surface area contributed by atoms with Crippen LogP contribution in [-0.4, -0.2) is 21.8 Å². The third kappa shape index (κ3) is 13.6. The Morgan fingerprint density at radius 2 is 1.24 bits per heavy atom. The summed E-state index contributed by atoms with van der Waals surface area (Å²) in [5.74, 6) is 0. The standard InChI is InChI=1S/C21H41NS2.Mo/c1-2-3-4-5-6-7-8-9-10-11-12-16-19-22(21(23)24)20-17-14-13-15-18-20;/h20H,2-19H2,1H3,(H,23,24);/p-1. The molecule has 1 fully saturated rings. The summed E-state index contributed by atoms with van der Waals surface area (Å²) in [6.45, 7) is 3.39. The molecule has 0 amide bonds. The Labute approximate surface area is 183 Å². The van der Waals surface area contributed by atoms with Gasteiger partial charge in [0.1, 0.15) is 0 Å². The van der Waals surface area contributed by atoms with E-state index in [9.17, 15) is 0 Å². The van der Waals surface area contributed by atoms with Crippen molar-refractivity contribution in [3.05, 3.63) is 0 Å². The predicted octanol–water partition coefficient (Wildman–Crippen LogP) is 7.15. The summed E-state index contributed by atoms with van der Waals surface area (Å²) >= 11 is 10.7. The number of hydrogen-bond donors (Lipinski definition) is 0. The molecule has 0 radical (unpaired) electrons. The molecule has 0 N–H and O–H groups in total. The van der Waals surface area contributed by atoms with E-state index in [-0.39, 0.29) is 21.1 Å². The molecule has 0 aromatic heterocycles. The second kappa shape index (κ2) is 18.2. The summed E-state index contributed by atoms with van der Waals surface area (Å²) in [6, 6.07) is 0.649. The van der Waals surface area contributed by atoms with E-state index in [4.69, 9.17) is 24.8 Å². The van der Waals surface area contributed by atoms with Crippen LogP contribution in [0.25, 0.3) is 0 Å². The molecule has 0 atom stereocenters. The fraction of sp³-hybridized carbons (Fsp3) is 0.952. The van der Waals surface area contributed by atoms with E-state index in [1.165, 1.54) is 109 Å². The van der Waals surface area contributed by atoms with E-state index in [1.54, 1.807) is 0 Å². The van der Waals surface area contributed by atoms with Crippen molar-refractivity contribution in [1.82, 2.24) is 4.90 Å². The molecule has 0 heterocycles. The van der Waals surface area contributed by atoms with Crippen LogP contribution in [0.15, 0.2) is 0 Å². The molecule has 0 spiro atoms. The minimum Gasteiger partial charge on any atom is -0.411 e. The van der Waals surface area contributed by atoms with Crippen LogP contribution in [0.5, 0.6) is 0 Å². The molecule has 148 valence electrons. The van der Waals surface area contributed by atoms with Crippen LogP contribution >= 0.6 is 12.2 Å². The molecule has 0 saturated heterocycles. The average molecular weight is 467 g/mol. The third-order valence-corrected chi connectivity index (χ3v) is 5.97. The van der Waals surface area contributed by atoms with Crippen LogP contribution in [-0.2, 0) is 33.7 Å². The maximum atomic E-state index is 5.33. The van der Waals surface area contributed by atoms with Crippen molar-refractivity contribution in [3.63, 3.8) is 0 Å². The number of unbranched alkanes of at least 4 members (excludes halogenated alkanes) is 11. The van der Waals surface area contributed by atoms with Gasteiger partial charge in [-0.15, -0.1) is 0 Å². The van der Waals surface area contributed by atoms with Crippen LogP contribution in [0.2, 0.25) is 0 Å². The number of nitrogens with zero attached hydrogens (tertiary/aromatic N) is 1. The van der Waals surface area contributed by atoms with Crippen LogP contribution < -0.4 is 0 Å². The van der Waals surface area contributed by atoms with Gasteiger partial charge in [-0.25, -0.2) is 0 Å². The molecule has 1 nitrogen and oxygen atoms in total. The summed E-state index contributed by atoms with van der Waals surface area (Å²) in [5.41, 5.74) is 0. The van der Waals surface area contributed by atoms with Crippen LogP contribution in [0.3, 0.4) is 0 Å². The molecule has 1 saturated carbocycles. The summed E-state index contributed by atoms with van der Waals surface area (Å²) < 4.78 is 0.713. The topological polar surface area (TPSA) is 3.24 Å². The zero-order chi connectivity index (χ0) is 17.5. The second-order valence-electron chi connectivity index (χ2n) is 7.64. The molecule has 1 aliphatic rings. The van der Waals surface area contributed by atoms with Gasteiger partial charge in [0.25, 0.3) is 0 Å². The summed E-state index contributed by atoms with van der Waals surface area (Å²) in [4.78, 5) is 2.36. The van der Waals surface area contributed by atoms with E-state index in [2.05, 4.69) is 11.8 Å². The Morgan fingerprint density at radius 3 is 1.68 bits per heavy atom. The van der Waals surface area contributed by atoms with Gasteiger partial charge in [-0.3, -0.25) is 0 Å². The first-order valence-electron chi connectivity index (χ1n) is 10.7. The van der Waals surface area contributed by atoms with Gasteiger partial charge < -0.3 is 29.7 Å². The molecule has 0 aliphatic heterocycles. The SMILES string of the molecule is CCCCCCCCCCCCCCN(C(=S)[S-])C1CCCCC1.[Mo]. The monoisotopic (exact) mass is 468 g/mol. The average Bonchev–Trinajstić information content (AvgIpc) is 2.59. The van der Waals surface area contributed by atoms with Crippen LogP contribution in [0.4, 0.5) is 0 Å². The number of hydrogen-bond acceptors (Lipinski definition) is 2. The van der Waals surface area contributed by atoms with Crippen molar-refractivity contribution >= 4 is 29.2 Å². The van der Waals surface area contributed by atoms with Gasteiger partial charge in [0, 0.05) is 33.7 Å². The molecule has 0 aromatic carbocycles. The van der Waals surface area contributed by atoms with Crippen molar-refractivity contribution < 1.29 is 21.1 Å². The quantitative estimate of drug-likeness (QED) is 0.116. The van der Waals surface area contributed by atoms with E-state index >= 15 is 0 Å². The van der Waals surface area contributed by atoms with Crippen molar-refractivity contribution in [2.24, 2.45) is 0 Å². The molecular weight excluding hydrogens is 426 g/mol. The van der Waals surface area contributed by atoms with Crippen LogP contribution in [0.1, 0.15) is 116 Å². The first-order chi connectivity index (χ1) is 11.8. The second-order valence-corrected chi connectivity index (χ2v) is 8.67. The van der Waals surface area contributed by atoms with Gasteiger partial charge in [-0.05, 0) is 19.3 Å². The van der Waals surface area contributed by atoms with Crippen LogP contribution in [0, 0.1) is 0 Å². The Balaban J connectivity index is 0.00000576. The van der Waals surface area contributed by atoms with Gasteiger partial charge in [-0.1, -0.05) is 101 Å². The Bertz CT molecular complexity index is 306. The van der Waals surface area contributed by atoms with E-state index < -0.39 is 0 Å². The van der Waals surface area contributed by atoms with Crippen molar-refractivity contribution in [2.45, 2.75) is 122 Å². The summed E-state index contributed by atoms with van der Waals surface area (Å²) in [5, 5.41) is 0. The molecular formula is C21H40MoNS2-. The van der Waals surface area contributed by atoms with Gasteiger partial charge >= 0.3 is 0 Å². The summed E-state index contributed by atoms with van der Waals surface area (Å²) in [7, 11) is 0. The molecule has 1 aliphatic carbocycles. The van der Waals surface area contributed by atoms with Crippen molar-refractivity contribution in [2.75, 3.05) is 6.54 Å². The minimum absolute atomic E-state index is 0. The molecule has 1 rings (SSSR count). The first kappa shape index (κ1) is 25.8. The smallest absolute Gasteiger partial charge is 0.0274 e. The number of thiocarbonyl (C=S) groups is 1. The molecule has 0 aromatic rings. The van der Waals surface area contributed by atoms with Gasteiger partial charge in [-0.2, -0.15) is 0 Å². The molecule has 0 bridgehead atoms. The van der Waals surface area contributed by atoms with Gasteiger partial charge in [0.15, 0.2) is 0 Å². The Kier molecular flexibility index (Phi) is 18.8. The van der Waals surface area contributed by atoms with Crippen molar-refractivity contribution in [1.29, 1.82) is 0 Å². The Hall–Kier alpha value is 0.798. The molecule has 0 unspecified atom stereocenters. The first-order valence-corrected chi connectivity index (χ1v) is 11.5. The van der Waals surface area contributed by atoms with E-state index in [0.717, 1.165) is 6.54 Å². The minimum atomic E-state index is 0. The zero-order valence-corrected chi connectivity index (χ0v) is 20.1. The van der Waals surface area contributed by atoms with E-state index in [1.807, 2.05) is 0 Å². The normalized spacial score (nSPS) is 14.9. The van der Waals surface area contributed by atoms with Crippen molar-refractivity contribution in [3.8, 4) is 0 Å². The summed E-state index contributed by atoms with van der Waals surface area (Å²) in [6.07, 6.45) is 23.6. The fourth-order valence-electron chi connectivity index (χ4n) is 3.94. The third-order valence-electron chi connectivity index (χ3n) is 5.50. The molecule has 25 heavy (non-hydrogen) atoms. The maximum Gasteiger partial charge on any atom is 0.0274 e. The maximum absolute atomic E-state index is 5.33. The Morgan fingerprint density at radius 1 is 0.800 bits per heavy atom. The largest absolute Gasteiger partial charge is 0.411 e. The fourth-order valence-corrected chi connectivity index (χ4v) is 4.42. The van der Waals surface area contributed by atoms with Gasteiger partial charge in [0.2, 0.25) is 0 Å².